The van der Waals surface area contributed by atoms with Gasteiger partial charge in [0, 0.05) is 35.4 Å². The monoisotopic (exact) mass is 426 g/mol. The number of anilines is 2. The van der Waals surface area contributed by atoms with Gasteiger partial charge < -0.3 is 15.4 Å². The van der Waals surface area contributed by atoms with Crippen molar-refractivity contribution in [1.29, 1.82) is 0 Å². The molecule has 0 aromatic heterocycles. The first-order valence-electron chi connectivity index (χ1n) is 11.2. The highest BCUT2D eigenvalue weighted by Gasteiger charge is 2.42. The minimum Gasteiger partial charge on any atom is -0.487 e. The minimum atomic E-state index is -0.106. The van der Waals surface area contributed by atoms with Gasteiger partial charge in [0.2, 0.25) is 0 Å². The Morgan fingerprint density at radius 1 is 1.03 bits per heavy atom. The zero-order valence-corrected chi connectivity index (χ0v) is 19.8. The van der Waals surface area contributed by atoms with Crippen molar-refractivity contribution in [3.05, 3.63) is 52.1 Å². The Balaban J connectivity index is 0.00000218. The van der Waals surface area contributed by atoms with Gasteiger partial charge in [0.1, 0.15) is 11.4 Å². The van der Waals surface area contributed by atoms with Crippen LogP contribution in [0.2, 0.25) is 0 Å². The molecule has 3 nitrogen and oxygen atoms in total. The molecule has 3 aliphatic rings. The van der Waals surface area contributed by atoms with E-state index in [9.17, 15) is 0 Å². The van der Waals surface area contributed by atoms with E-state index in [-0.39, 0.29) is 23.5 Å². The molecular weight excluding hydrogens is 392 g/mol. The third-order valence-electron chi connectivity index (χ3n) is 7.32. The third kappa shape index (κ3) is 3.56. The molecule has 2 unspecified atom stereocenters. The lowest BCUT2D eigenvalue weighted by Crippen LogP contribution is -2.35. The molecule has 2 aromatic rings. The number of para-hydroxylation sites is 1. The maximum absolute atomic E-state index is 6.76. The summed E-state index contributed by atoms with van der Waals surface area (Å²) >= 11 is 0. The molecule has 30 heavy (non-hydrogen) atoms. The quantitative estimate of drug-likeness (QED) is 0.597. The number of hydrogen-bond donors (Lipinski definition) is 2. The first-order chi connectivity index (χ1) is 13.7. The molecule has 2 N–H and O–H groups in total. The zero-order chi connectivity index (χ0) is 20.4. The van der Waals surface area contributed by atoms with Crippen LogP contribution in [0.4, 0.5) is 11.4 Å². The number of nitrogens with one attached hydrogen (secondary N) is 2. The highest BCUT2D eigenvalue weighted by atomic mass is 35.5. The summed E-state index contributed by atoms with van der Waals surface area (Å²) in [6.45, 7) is 12.5. The van der Waals surface area contributed by atoms with Crippen LogP contribution in [0.25, 0.3) is 0 Å². The summed E-state index contributed by atoms with van der Waals surface area (Å²) in [5.74, 6) is 1.80. The lowest BCUT2D eigenvalue weighted by molar-refractivity contribution is 0.0845. The SMILES string of the molecule is Cc1c2c(c(C)c3c1NC(C)(C)C3)OC(C)(CC1CCc3ccccc3NC1)C2.Cl. The van der Waals surface area contributed by atoms with E-state index in [0.717, 1.165) is 32.2 Å². The van der Waals surface area contributed by atoms with Gasteiger partial charge in [-0.1, -0.05) is 18.2 Å². The molecule has 0 amide bonds. The number of ether oxygens (including phenoxy) is 1. The number of halogens is 1. The fraction of sp³-hybridized carbons (Fsp3) is 0.538. The molecule has 162 valence electrons. The first kappa shape index (κ1) is 21.4. The highest BCUT2D eigenvalue weighted by Crippen LogP contribution is 2.49. The van der Waals surface area contributed by atoms with Crippen LogP contribution >= 0.6 is 12.4 Å². The van der Waals surface area contributed by atoms with Crippen LogP contribution in [0.1, 0.15) is 61.4 Å². The molecule has 0 bridgehead atoms. The van der Waals surface area contributed by atoms with Crippen molar-refractivity contribution in [2.24, 2.45) is 5.92 Å². The summed E-state index contributed by atoms with van der Waals surface area (Å²) in [5, 5.41) is 7.46. The smallest absolute Gasteiger partial charge is 0.127 e. The molecular formula is C26H35ClN2O. The molecule has 0 spiro atoms. The zero-order valence-electron chi connectivity index (χ0n) is 18.9. The Morgan fingerprint density at radius 2 is 1.80 bits per heavy atom. The van der Waals surface area contributed by atoms with Gasteiger partial charge in [-0.2, -0.15) is 0 Å². The van der Waals surface area contributed by atoms with E-state index in [2.05, 4.69) is 69.5 Å². The Hall–Kier alpha value is -1.87. The van der Waals surface area contributed by atoms with Crippen molar-refractivity contribution >= 4 is 23.8 Å². The number of rotatable bonds is 2. The van der Waals surface area contributed by atoms with Gasteiger partial charge in [0.15, 0.2) is 0 Å². The Morgan fingerprint density at radius 3 is 2.60 bits per heavy atom. The van der Waals surface area contributed by atoms with Crippen LogP contribution in [0.5, 0.6) is 5.75 Å². The summed E-state index contributed by atoms with van der Waals surface area (Å²) in [4.78, 5) is 0. The molecule has 3 heterocycles. The predicted molar refractivity (Wildman–Crippen MR) is 129 cm³/mol. The Kier molecular flexibility index (Phi) is 5.25. The second-order valence-corrected chi connectivity index (χ2v) is 10.5. The van der Waals surface area contributed by atoms with Crippen molar-refractivity contribution in [3.8, 4) is 5.75 Å². The molecule has 0 aliphatic carbocycles. The van der Waals surface area contributed by atoms with Crippen molar-refractivity contribution in [1.82, 2.24) is 0 Å². The number of benzene rings is 2. The molecule has 3 aliphatic heterocycles. The molecule has 4 heteroatoms. The van der Waals surface area contributed by atoms with Crippen molar-refractivity contribution in [2.45, 2.75) is 77.9 Å². The van der Waals surface area contributed by atoms with Crippen LogP contribution in [0.3, 0.4) is 0 Å². The molecule has 0 saturated carbocycles. The predicted octanol–water partition coefficient (Wildman–Crippen LogP) is 6.23. The second kappa shape index (κ2) is 7.37. The highest BCUT2D eigenvalue weighted by molar-refractivity contribution is 5.85. The van der Waals surface area contributed by atoms with Gasteiger partial charge >= 0.3 is 0 Å². The van der Waals surface area contributed by atoms with Crippen LogP contribution in [-0.4, -0.2) is 17.7 Å². The summed E-state index contributed by atoms with van der Waals surface area (Å²) < 4.78 is 6.76. The Labute approximate surface area is 187 Å². The van der Waals surface area contributed by atoms with E-state index in [4.69, 9.17) is 4.74 Å². The average molecular weight is 427 g/mol. The number of hydrogen-bond acceptors (Lipinski definition) is 3. The summed E-state index contributed by atoms with van der Waals surface area (Å²) in [7, 11) is 0. The van der Waals surface area contributed by atoms with Crippen LogP contribution in [0, 0.1) is 19.8 Å². The lowest BCUT2D eigenvalue weighted by atomic mass is 9.84. The third-order valence-corrected chi connectivity index (χ3v) is 7.32. The van der Waals surface area contributed by atoms with E-state index in [1.165, 1.54) is 51.4 Å². The van der Waals surface area contributed by atoms with Gasteiger partial charge in [-0.3, -0.25) is 0 Å². The molecule has 0 radical (unpaired) electrons. The molecule has 2 aromatic carbocycles. The van der Waals surface area contributed by atoms with Gasteiger partial charge in [-0.25, -0.2) is 0 Å². The minimum absolute atomic E-state index is 0. The average Bonchev–Trinajstić information content (AvgIpc) is 3.12. The van der Waals surface area contributed by atoms with E-state index in [1.54, 1.807) is 0 Å². The molecule has 0 saturated heterocycles. The molecule has 0 fully saturated rings. The van der Waals surface area contributed by atoms with Crippen LogP contribution in [-0.2, 0) is 19.3 Å². The van der Waals surface area contributed by atoms with Crippen molar-refractivity contribution < 1.29 is 4.74 Å². The number of fused-ring (bicyclic) bond motifs is 3. The fourth-order valence-corrected chi connectivity index (χ4v) is 5.85. The lowest BCUT2D eigenvalue weighted by Gasteiger charge is -2.29. The van der Waals surface area contributed by atoms with Gasteiger partial charge in [0.25, 0.3) is 0 Å². The van der Waals surface area contributed by atoms with E-state index < -0.39 is 0 Å². The largest absolute Gasteiger partial charge is 0.487 e. The van der Waals surface area contributed by atoms with Crippen molar-refractivity contribution in [2.75, 3.05) is 17.2 Å². The summed E-state index contributed by atoms with van der Waals surface area (Å²) in [6.07, 6.45) is 5.58. The molecule has 2 atom stereocenters. The summed E-state index contributed by atoms with van der Waals surface area (Å²) in [5.41, 5.74) is 9.81. The summed E-state index contributed by atoms with van der Waals surface area (Å²) in [6, 6.07) is 8.75. The second-order valence-electron chi connectivity index (χ2n) is 10.5. The van der Waals surface area contributed by atoms with Crippen LogP contribution in [0.15, 0.2) is 24.3 Å². The van der Waals surface area contributed by atoms with Gasteiger partial charge in [-0.05, 0) is 94.5 Å². The normalized spacial score (nSPS) is 25.6. The maximum Gasteiger partial charge on any atom is 0.127 e. The molecule has 5 rings (SSSR count). The maximum atomic E-state index is 6.76. The van der Waals surface area contributed by atoms with E-state index >= 15 is 0 Å². The Bertz CT molecular complexity index is 911. The fourth-order valence-electron chi connectivity index (χ4n) is 5.85. The van der Waals surface area contributed by atoms with E-state index in [0.29, 0.717) is 5.92 Å². The number of aryl methyl sites for hydroxylation is 1. The van der Waals surface area contributed by atoms with Gasteiger partial charge in [0.05, 0.1) is 0 Å². The van der Waals surface area contributed by atoms with Crippen molar-refractivity contribution in [3.63, 3.8) is 0 Å². The standard InChI is InChI=1S/C26H34N2O.ClH/c1-16-21-14-26(5,12-18-10-11-19-8-6-7-9-22(19)27-15-18)29-24(21)17(2)20-13-25(3,4)28-23(16)20;/h6-9,18,27-28H,10-15H2,1-5H3;1H. The topological polar surface area (TPSA) is 33.3 Å². The van der Waals surface area contributed by atoms with E-state index in [1.807, 2.05) is 0 Å². The van der Waals surface area contributed by atoms with Crippen LogP contribution < -0.4 is 15.4 Å². The first-order valence-corrected chi connectivity index (χ1v) is 11.2. The van der Waals surface area contributed by atoms with Gasteiger partial charge in [-0.15, -0.1) is 12.4 Å².